The summed E-state index contributed by atoms with van der Waals surface area (Å²) >= 11 is 0. The van der Waals surface area contributed by atoms with Crippen LogP contribution < -0.4 is 4.74 Å². The summed E-state index contributed by atoms with van der Waals surface area (Å²) in [6, 6.07) is 9.28. The minimum absolute atomic E-state index is 0.0640. The van der Waals surface area contributed by atoms with Crippen molar-refractivity contribution in [3.8, 4) is 11.5 Å². The van der Waals surface area contributed by atoms with Crippen LogP contribution in [-0.2, 0) is 0 Å². The molecule has 0 radical (unpaired) electrons. The van der Waals surface area contributed by atoms with Gasteiger partial charge >= 0.3 is 5.97 Å². The smallest absolute Gasteiger partial charge is 0.341 e. The highest BCUT2D eigenvalue weighted by atomic mass is 16.5. The van der Waals surface area contributed by atoms with Crippen LogP contribution in [0.15, 0.2) is 36.5 Å². The Balaban J connectivity index is 2.45. The summed E-state index contributed by atoms with van der Waals surface area (Å²) in [5.74, 6) is 0.241. The van der Waals surface area contributed by atoms with E-state index in [1.165, 1.54) is 6.20 Å². The molecule has 0 amide bonds. The lowest BCUT2D eigenvalue weighted by molar-refractivity contribution is 0.0693. The Kier molecular flexibility index (Phi) is 4.03. The lowest BCUT2D eigenvalue weighted by Crippen LogP contribution is -2.03. The van der Waals surface area contributed by atoms with Gasteiger partial charge in [0.15, 0.2) is 0 Å². The van der Waals surface area contributed by atoms with E-state index in [2.05, 4.69) is 18.8 Å². The first-order valence-electron chi connectivity index (χ1n) is 6.45. The van der Waals surface area contributed by atoms with Crippen molar-refractivity contribution in [2.24, 2.45) is 0 Å². The van der Waals surface area contributed by atoms with Crippen molar-refractivity contribution in [1.29, 1.82) is 0 Å². The van der Waals surface area contributed by atoms with Crippen molar-refractivity contribution in [2.45, 2.75) is 26.7 Å². The number of carbonyl (C=O) groups is 1. The number of pyridine rings is 1. The molecule has 4 nitrogen and oxygen atoms in total. The number of carboxylic acids is 1. The number of aromatic nitrogens is 1. The molecule has 0 bridgehead atoms. The van der Waals surface area contributed by atoms with Gasteiger partial charge in [-0.1, -0.05) is 32.0 Å². The molecular formula is C16H17NO3. The maximum atomic E-state index is 11.2. The Bertz CT molecular complexity index is 635. The molecule has 0 atom stereocenters. The van der Waals surface area contributed by atoms with Crippen LogP contribution in [-0.4, -0.2) is 16.1 Å². The number of nitrogens with zero attached hydrogens (tertiary/aromatic N) is 1. The monoisotopic (exact) mass is 271 g/mol. The zero-order valence-electron chi connectivity index (χ0n) is 11.8. The van der Waals surface area contributed by atoms with Crippen molar-refractivity contribution in [1.82, 2.24) is 4.98 Å². The highest BCUT2D eigenvalue weighted by molar-refractivity contribution is 5.90. The van der Waals surface area contributed by atoms with Crippen molar-refractivity contribution in [3.63, 3.8) is 0 Å². The Morgan fingerprint density at radius 2 is 1.95 bits per heavy atom. The molecule has 0 saturated heterocycles. The molecule has 1 aromatic carbocycles. The first kappa shape index (κ1) is 14.1. The first-order valence-corrected chi connectivity index (χ1v) is 6.45. The average molecular weight is 271 g/mol. The van der Waals surface area contributed by atoms with E-state index in [4.69, 9.17) is 4.74 Å². The van der Waals surface area contributed by atoms with Crippen LogP contribution in [0, 0.1) is 6.92 Å². The minimum Gasteiger partial charge on any atom is -0.477 e. The molecule has 2 aromatic rings. The number of hydrogen-bond donors (Lipinski definition) is 1. The third-order valence-corrected chi connectivity index (χ3v) is 2.99. The Morgan fingerprint density at radius 3 is 2.60 bits per heavy atom. The number of benzene rings is 1. The normalized spacial score (nSPS) is 10.6. The lowest BCUT2D eigenvalue weighted by Gasteiger charge is -2.15. The number of aryl methyl sites for hydroxylation is 1. The van der Waals surface area contributed by atoms with E-state index >= 15 is 0 Å². The summed E-state index contributed by atoms with van der Waals surface area (Å²) in [6.07, 6.45) is 1.32. The predicted octanol–water partition coefficient (Wildman–Crippen LogP) is 4.00. The van der Waals surface area contributed by atoms with Gasteiger partial charge in [-0.3, -0.25) is 4.98 Å². The lowest BCUT2D eigenvalue weighted by atomic mass is 10.0. The SMILES string of the molecule is Cc1cc(Oc2ccccc2C(C)C)c(C(=O)O)cn1. The van der Waals surface area contributed by atoms with Gasteiger partial charge in [-0.25, -0.2) is 4.79 Å². The molecule has 1 heterocycles. The zero-order chi connectivity index (χ0) is 14.7. The number of rotatable bonds is 4. The molecule has 0 fully saturated rings. The van der Waals surface area contributed by atoms with Crippen molar-refractivity contribution >= 4 is 5.97 Å². The summed E-state index contributed by atoms with van der Waals surface area (Å²) in [6.45, 7) is 5.93. The van der Waals surface area contributed by atoms with Crippen LogP contribution in [0.4, 0.5) is 0 Å². The van der Waals surface area contributed by atoms with E-state index in [0.717, 1.165) is 5.56 Å². The standard InChI is InChI=1S/C16H17NO3/c1-10(2)12-6-4-5-7-14(12)20-15-8-11(3)17-9-13(15)16(18)19/h4-10H,1-3H3,(H,18,19). The largest absolute Gasteiger partial charge is 0.477 e. The van der Waals surface area contributed by atoms with Crippen LogP contribution in [0.3, 0.4) is 0 Å². The number of para-hydroxylation sites is 1. The fourth-order valence-corrected chi connectivity index (χ4v) is 1.95. The first-order chi connectivity index (χ1) is 9.49. The fraction of sp³-hybridized carbons (Fsp3) is 0.250. The minimum atomic E-state index is -1.05. The summed E-state index contributed by atoms with van der Waals surface area (Å²) < 4.78 is 5.82. The Labute approximate surface area is 118 Å². The predicted molar refractivity (Wildman–Crippen MR) is 76.5 cm³/mol. The molecule has 1 aromatic heterocycles. The van der Waals surface area contributed by atoms with E-state index in [9.17, 15) is 9.90 Å². The number of ether oxygens (including phenoxy) is 1. The van der Waals surface area contributed by atoms with Crippen LogP contribution in [0.1, 0.15) is 41.4 Å². The second kappa shape index (κ2) is 5.74. The summed E-state index contributed by atoms with van der Waals surface area (Å²) in [7, 11) is 0. The highest BCUT2D eigenvalue weighted by Gasteiger charge is 2.15. The summed E-state index contributed by atoms with van der Waals surface area (Å²) in [5.41, 5.74) is 1.82. The number of carboxylic acid groups (broad SMARTS) is 1. The van der Waals surface area contributed by atoms with Gasteiger partial charge in [0.25, 0.3) is 0 Å². The van der Waals surface area contributed by atoms with Crippen LogP contribution in [0.5, 0.6) is 11.5 Å². The molecular weight excluding hydrogens is 254 g/mol. The van der Waals surface area contributed by atoms with Gasteiger partial charge in [-0.2, -0.15) is 0 Å². The van der Waals surface area contributed by atoms with E-state index in [1.807, 2.05) is 24.3 Å². The molecule has 4 heteroatoms. The average Bonchev–Trinajstić information content (AvgIpc) is 2.38. The molecule has 0 unspecified atom stereocenters. The number of aromatic carboxylic acids is 1. The van der Waals surface area contributed by atoms with Crippen molar-refractivity contribution in [3.05, 3.63) is 53.3 Å². The molecule has 0 spiro atoms. The Morgan fingerprint density at radius 1 is 1.25 bits per heavy atom. The van der Waals surface area contributed by atoms with Gasteiger partial charge in [0.2, 0.25) is 0 Å². The molecule has 104 valence electrons. The summed E-state index contributed by atoms with van der Waals surface area (Å²) in [5, 5.41) is 9.19. The van der Waals surface area contributed by atoms with E-state index in [0.29, 0.717) is 23.1 Å². The molecule has 0 aliphatic heterocycles. The van der Waals surface area contributed by atoms with Crippen LogP contribution in [0.2, 0.25) is 0 Å². The van der Waals surface area contributed by atoms with Crippen LogP contribution in [0.25, 0.3) is 0 Å². The molecule has 0 aliphatic carbocycles. The molecule has 2 rings (SSSR count). The fourth-order valence-electron chi connectivity index (χ4n) is 1.95. The zero-order valence-corrected chi connectivity index (χ0v) is 11.8. The van der Waals surface area contributed by atoms with E-state index in [1.54, 1.807) is 13.0 Å². The molecule has 1 N–H and O–H groups in total. The van der Waals surface area contributed by atoms with Gasteiger partial charge in [0.1, 0.15) is 17.1 Å². The molecule has 0 aliphatic rings. The van der Waals surface area contributed by atoms with Gasteiger partial charge in [-0.15, -0.1) is 0 Å². The van der Waals surface area contributed by atoms with Crippen molar-refractivity contribution in [2.75, 3.05) is 0 Å². The molecule has 0 saturated carbocycles. The maximum absolute atomic E-state index is 11.2. The quantitative estimate of drug-likeness (QED) is 0.912. The third kappa shape index (κ3) is 2.96. The van der Waals surface area contributed by atoms with Gasteiger partial charge in [0.05, 0.1) is 0 Å². The maximum Gasteiger partial charge on any atom is 0.341 e. The van der Waals surface area contributed by atoms with Crippen LogP contribution >= 0.6 is 0 Å². The van der Waals surface area contributed by atoms with E-state index < -0.39 is 5.97 Å². The van der Waals surface area contributed by atoms with Crippen molar-refractivity contribution < 1.29 is 14.6 Å². The molecule has 20 heavy (non-hydrogen) atoms. The highest BCUT2D eigenvalue weighted by Crippen LogP contribution is 2.32. The second-order valence-corrected chi connectivity index (χ2v) is 4.92. The van der Waals surface area contributed by atoms with E-state index in [-0.39, 0.29) is 5.56 Å². The third-order valence-electron chi connectivity index (χ3n) is 2.99. The summed E-state index contributed by atoms with van der Waals surface area (Å²) in [4.78, 5) is 15.2. The number of hydrogen-bond acceptors (Lipinski definition) is 3. The van der Waals surface area contributed by atoms with Gasteiger partial charge in [-0.05, 0) is 24.5 Å². The topological polar surface area (TPSA) is 59.4 Å². The van der Waals surface area contributed by atoms with Gasteiger partial charge in [0, 0.05) is 18.0 Å². The van der Waals surface area contributed by atoms with Gasteiger partial charge < -0.3 is 9.84 Å². The Hall–Kier alpha value is -2.36. The second-order valence-electron chi connectivity index (χ2n) is 4.92.